The first-order chi connectivity index (χ1) is 9.70. The van der Waals surface area contributed by atoms with Gasteiger partial charge in [-0.05, 0) is 18.7 Å². The van der Waals surface area contributed by atoms with Gasteiger partial charge in [0.1, 0.15) is 16.4 Å². The second kappa shape index (κ2) is 5.64. The molecule has 0 N–H and O–H groups in total. The third-order valence-electron chi connectivity index (χ3n) is 2.49. The summed E-state index contributed by atoms with van der Waals surface area (Å²) in [6, 6.07) is 11.4. The third kappa shape index (κ3) is 3.00. The second-order valence-corrected chi connectivity index (χ2v) is 5.43. The molecule has 0 radical (unpaired) electrons. The first-order valence-corrected chi connectivity index (χ1v) is 7.10. The van der Waals surface area contributed by atoms with Crippen LogP contribution in [-0.2, 0) is 0 Å². The Kier molecular flexibility index (Phi) is 3.71. The molecule has 0 bridgehead atoms. The van der Waals surface area contributed by atoms with Crippen LogP contribution in [0.25, 0.3) is 11.4 Å². The van der Waals surface area contributed by atoms with Crippen LogP contribution < -0.4 is 0 Å². The van der Waals surface area contributed by atoms with E-state index in [1.165, 1.54) is 11.8 Å². The van der Waals surface area contributed by atoms with Gasteiger partial charge < -0.3 is 4.42 Å². The minimum Gasteiger partial charge on any atom is -0.439 e. The van der Waals surface area contributed by atoms with Gasteiger partial charge in [0.15, 0.2) is 5.82 Å². The highest BCUT2D eigenvalue weighted by Gasteiger charge is 2.09. The number of aromatic nitrogens is 3. The first-order valence-electron chi connectivity index (χ1n) is 5.91. The van der Waals surface area contributed by atoms with Crippen LogP contribution >= 0.6 is 23.4 Å². The average Bonchev–Trinajstić information content (AvgIpc) is 2.84. The van der Waals surface area contributed by atoms with Gasteiger partial charge in [0.25, 0.3) is 5.22 Å². The highest BCUT2D eigenvalue weighted by Crippen LogP contribution is 2.28. The molecule has 3 aromatic rings. The second-order valence-electron chi connectivity index (χ2n) is 4.08. The molecular weight excluding hydrogens is 294 g/mol. The summed E-state index contributed by atoms with van der Waals surface area (Å²) in [7, 11) is 0. The normalized spacial score (nSPS) is 10.7. The first kappa shape index (κ1) is 13.1. The van der Waals surface area contributed by atoms with Crippen molar-refractivity contribution in [2.45, 2.75) is 17.2 Å². The number of benzene rings is 1. The summed E-state index contributed by atoms with van der Waals surface area (Å²) in [6.07, 6.45) is 1.60. The Morgan fingerprint density at radius 3 is 2.60 bits per heavy atom. The third-order valence-corrected chi connectivity index (χ3v) is 3.47. The highest BCUT2D eigenvalue weighted by molar-refractivity contribution is 7.99. The molecule has 0 unspecified atom stereocenters. The summed E-state index contributed by atoms with van der Waals surface area (Å²) in [5, 5.41) is 1.63. The van der Waals surface area contributed by atoms with E-state index in [0.717, 1.165) is 11.3 Å². The van der Waals surface area contributed by atoms with Crippen molar-refractivity contribution in [2.75, 3.05) is 0 Å². The van der Waals surface area contributed by atoms with E-state index in [0.29, 0.717) is 21.2 Å². The number of hydrogen-bond acceptors (Lipinski definition) is 5. The van der Waals surface area contributed by atoms with Gasteiger partial charge in [0.05, 0.1) is 5.69 Å². The Bertz CT molecular complexity index is 730. The van der Waals surface area contributed by atoms with Gasteiger partial charge in [-0.2, -0.15) is 0 Å². The molecule has 3 rings (SSSR count). The van der Waals surface area contributed by atoms with Crippen molar-refractivity contribution < 1.29 is 4.42 Å². The standard InChI is InChI=1S/C14H10ClN3OS/c1-9-8-19-14(16-9)20-12-7-11(15)17-13(18-12)10-5-3-2-4-6-10/h2-8H,1H3. The van der Waals surface area contributed by atoms with E-state index in [1.54, 1.807) is 12.3 Å². The van der Waals surface area contributed by atoms with Crippen LogP contribution in [0.5, 0.6) is 0 Å². The zero-order valence-corrected chi connectivity index (χ0v) is 12.1. The molecule has 2 heterocycles. The lowest BCUT2D eigenvalue weighted by molar-refractivity contribution is 0.454. The van der Waals surface area contributed by atoms with Gasteiger partial charge in [-0.15, -0.1) is 0 Å². The van der Waals surface area contributed by atoms with Crippen molar-refractivity contribution in [3.63, 3.8) is 0 Å². The monoisotopic (exact) mass is 303 g/mol. The minimum absolute atomic E-state index is 0.393. The quantitative estimate of drug-likeness (QED) is 0.677. The van der Waals surface area contributed by atoms with Crippen molar-refractivity contribution in [1.82, 2.24) is 15.0 Å². The Hall–Kier alpha value is -1.85. The van der Waals surface area contributed by atoms with Crippen LogP contribution in [0.15, 0.2) is 57.3 Å². The molecule has 0 aliphatic carbocycles. The van der Waals surface area contributed by atoms with E-state index in [1.807, 2.05) is 37.3 Å². The molecule has 4 nitrogen and oxygen atoms in total. The van der Waals surface area contributed by atoms with Crippen molar-refractivity contribution in [3.8, 4) is 11.4 Å². The van der Waals surface area contributed by atoms with Crippen LogP contribution in [-0.4, -0.2) is 15.0 Å². The van der Waals surface area contributed by atoms with Crippen molar-refractivity contribution in [2.24, 2.45) is 0 Å². The summed E-state index contributed by atoms with van der Waals surface area (Å²) in [4.78, 5) is 12.9. The van der Waals surface area contributed by atoms with Crippen LogP contribution in [0.1, 0.15) is 5.69 Å². The van der Waals surface area contributed by atoms with Gasteiger partial charge in [0, 0.05) is 11.6 Å². The van der Waals surface area contributed by atoms with E-state index >= 15 is 0 Å². The largest absolute Gasteiger partial charge is 0.439 e. The molecule has 6 heteroatoms. The molecular formula is C14H10ClN3OS. The molecule has 2 aromatic heterocycles. The number of hydrogen-bond donors (Lipinski definition) is 0. The van der Waals surface area contributed by atoms with Gasteiger partial charge in [-0.1, -0.05) is 41.9 Å². The molecule has 0 aliphatic heterocycles. The number of oxazole rings is 1. The fourth-order valence-corrected chi connectivity index (χ4v) is 2.65. The van der Waals surface area contributed by atoms with E-state index in [2.05, 4.69) is 15.0 Å². The Morgan fingerprint density at radius 1 is 1.10 bits per heavy atom. The Morgan fingerprint density at radius 2 is 1.90 bits per heavy atom. The van der Waals surface area contributed by atoms with Gasteiger partial charge in [0.2, 0.25) is 0 Å². The lowest BCUT2D eigenvalue weighted by atomic mass is 10.2. The summed E-state index contributed by atoms with van der Waals surface area (Å²) in [5.74, 6) is 0.587. The molecule has 0 saturated heterocycles. The smallest absolute Gasteiger partial charge is 0.262 e. The van der Waals surface area contributed by atoms with Crippen LogP contribution in [0.2, 0.25) is 5.15 Å². The van der Waals surface area contributed by atoms with E-state index in [-0.39, 0.29) is 0 Å². The van der Waals surface area contributed by atoms with Crippen molar-refractivity contribution in [3.05, 3.63) is 53.5 Å². The fourth-order valence-electron chi connectivity index (χ4n) is 1.63. The molecule has 100 valence electrons. The predicted molar refractivity (Wildman–Crippen MR) is 77.8 cm³/mol. The van der Waals surface area contributed by atoms with E-state index in [4.69, 9.17) is 16.0 Å². The summed E-state index contributed by atoms with van der Waals surface area (Å²) in [6.45, 7) is 1.87. The Balaban J connectivity index is 1.94. The highest BCUT2D eigenvalue weighted by atomic mass is 35.5. The predicted octanol–water partition coefficient (Wildman–Crippen LogP) is 4.24. The minimum atomic E-state index is 0.393. The van der Waals surface area contributed by atoms with Crippen LogP contribution in [0, 0.1) is 6.92 Å². The molecule has 0 amide bonds. The van der Waals surface area contributed by atoms with Gasteiger partial charge in [-0.3, -0.25) is 0 Å². The Labute approximate surface area is 125 Å². The summed E-state index contributed by atoms with van der Waals surface area (Å²) >= 11 is 7.37. The topological polar surface area (TPSA) is 51.8 Å². The number of aryl methyl sites for hydroxylation is 1. The lowest BCUT2D eigenvalue weighted by Crippen LogP contribution is -1.91. The van der Waals surface area contributed by atoms with Gasteiger partial charge in [-0.25, -0.2) is 15.0 Å². The van der Waals surface area contributed by atoms with Crippen molar-refractivity contribution >= 4 is 23.4 Å². The maximum atomic E-state index is 6.06. The average molecular weight is 304 g/mol. The zero-order chi connectivity index (χ0) is 13.9. The molecule has 0 fully saturated rings. The van der Waals surface area contributed by atoms with Crippen LogP contribution in [0.3, 0.4) is 0 Å². The molecule has 0 aliphatic rings. The number of halogens is 1. The molecule has 0 atom stereocenters. The summed E-state index contributed by atoms with van der Waals surface area (Å²) in [5.41, 5.74) is 1.75. The van der Waals surface area contributed by atoms with E-state index < -0.39 is 0 Å². The maximum Gasteiger partial charge on any atom is 0.262 e. The SMILES string of the molecule is Cc1coc(Sc2cc(Cl)nc(-c3ccccc3)n2)n1. The fraction of sp³-hybridized carbons (Fsp3) is 0.0714. The van der Waals surface area contributed by atoms with Gasteiger partial charge >= 0.3 is 0 Å². The number of nitrogens with zero attached hydrogens (tertiary/aromatic N) is 3. The molecule has 0 saturated carbocycles. The molecule has 20 heavy (non-hydrogen) atoms. The van der Waals surface area contributed by atoms with Crippen LogP contribution in [0.4, 0.5) is 0 Å². The van der Waals surface area contributed by atoms with E-state index in [9.17, 15) is 0 Å². The number of rotatable bonds is 3. The zero-order valence-electron chi connectivity index (χ0n) is 10.6. The summed E-state index contributed by atoms with van der Waals surface area (Å²) < 4.78 is 5.30. The lowest BCUT2D eigenvalue weighted by Gasteiger charge is -2.03. The van der Waals surface area contributed by atoms with Crippen molar-refractivity contribution in [1.29, 1.82) is 0 Å². The molecule has 1 aromatic carbocycles. The molecule has 0 spiro atoms. The maximum absolute atomic E-state index is 6.06.